The number of allylic oxidation sites excluding steroid dienone is 1. The Labute approximate surface area is 317 Å². The predicted molar refractivity (Wildman–Crippen MR) is 195 cm³/mol. The second-order valence-corrected chi connectivity index (χ2v) is 15.5. The lowest BCUT2D eigenvalue weighted by molar-refractivity contribution is -0.191. The minimum atomic E-state index is -2.54. The van der Waals surface area contributed by atoms with Gasteiger partial charge in [0, 0.05) is 31.6 Å². The molecule has 3 rings (SSSR count). The van der Waals surface area contributed by atoms with Gasteiger partial charge in [-0.2, -0.15) is 0 Å². The molecule has 1 aromatic rings. The van der Waals surface area contributed by atoms with Crippen LogP contribution in [0.4, 0.5) is 0 Å². The third kappa shape index (κ3) is 9.46. The highest BCUT2D eigenvalue weighted by Gasteiger charge is 2.69. The van der Waals surface area contributed by atoms with Crippen molar-refractivity contribution >= 4 is 35.6 Å². The molecule has 0 bridgehead atoms. The molecule has 1 unspecified atom stereocenters. The quantitative estimate of drug-likeness (QED) is 0.188. The summed E-state index contributed by atoms with van der Waals surface area (Å²) in [6.07, 6.45) is -5.39. The van der Waals surface area contributed by atoms with Crippen molar-refractivity contribution in [1.29, 1.82) is 0 Å². The first-order valence-electron chi connectivity index (χ1n) is 18.4. The largest absolute Gasteiger partial charge is 0.458 e. The molecule has 1 saturated carbocycles. The molecule has 0 radical (unpaired) electrons. The van der Waals surface area contributed by atoms with Crippen molar-refractivity contribution in [3.63, 3.8) is 0 Å². The van der Waals surface area contributed by atoms with Crippen LogP contribution >= 0.6 is 0 Å². The van der Waals surface area contributed by atoms with E-state index in [1.54, 1.807) is 65.8 Å². The topological polar surface area (TPSA) is 189 Å². The number of ketones is 1. The third-order valence-corrected chi connectivity index (χ3v) is 10.6. The summed E-state index contributed by atoms with van der Waals surface area (Å²) >= 11 is 0. The molecule has 0 heterocycles. The molecule has 54 heavy (non-hydrogen) atoms. The van der Waals surface area contributed by atoms with Gasteiger partial charge in [0.15, 0.2) is 30.2 Å². The van der Waals surface area contributed by atoms with E-state index in [-0.39, 0.29) is 11.1 Å². The second kappa shape index (κ2) is 17.4. The molecule has 2 aliphatic rings. The molecule has 0 amide bonds. The SMILES string of the molecule is C=C1[C@H](OC(C)=O)C(OC(=O)c2ccccc2)[C@@H](OC(C)=O)C(C)(C)C=C[C@H](C)C(=O)[C@@]2(O)C[C@@](C)(OC(=O)[C@H](C)CC)[C@H](OC(=O)[C@H](C)CC)[C@@H]2[C@H]1O. The Balaban J connectivity index is 2.40. The Kier molecular flexibility index (Phi) is 14.2. The van der Waals surface area contributed by atoms with Crippen molar-refractivity contribution in [3.8, 4) is 0 Å². The van der Waals surface area contributed by atoms with E-state index >= 15 is 0 Å². The number of rotatable bonds is 10. The summed E-state index contributed by atoms with van der Waals surface area (Å²) in [5.41, 5.74) is -5.95. The summed E-state index contributed by atoms with van der Waals surface area (Å²) in [5, 5.41) is 25.1. The zero-order chi connectivity index (χ0) is 40.9. The monoisotopic (exact) mass is 756 g/mol. The fourth-order valence-electron chi connectivity index (χ4n) is 7.03. The number of carbonyl (C=O) groups is 6. The molecule has 0 saturated heterocycles. The number of hydrogen-bond donors (Lipinski definition) is 2. The first-order valence-corrected chi connectivity index (χ1v) is 18.4. The van der Waals surface area contributed by atoms with E-state index in [1.165, 1.54) is 32.1 Å². The summed E-state index contributed by atoms with van der Waals surface area (Å²) in [6, 6.07) is 7.86. The second-order valence-electron chi connectivity index (χ2n) is 15.5. The van der Waals surface area contributed by atoms with Crippen LogP contribution in [0, 0.1) is 29.1 Å². The lowest BCUT2D eigenvalue weighted by Gasteiger charge is -2.43. The maximum atomic E-state index is 14.5. The molecule has 1 aromatic carbocycles. The Morgan fingerprint density at radius 1 is 0.870 bits per heavy atom. The van der Waals surface area contributed by atoms with Crippen LogP contribution in [0.3, 0.4) is 0 Å². The number of benzene rings is 1. The van der Waals surface area contributed by atoms with Crippen LogP contribution in [-0.4, -0.2) is 87.6 Å². The smallest absolute Gasteiger partial charge is 0.338 e. The van der Waals surface area contributed by atoms with Crippen molar-refractivity contribution in [1.82, 2.24) is 0 Å². The molecule has 0 aromatic heterocycles. The molecule has 0 spiro atoms. The maximum Gasteiger partial charge on any atom is 0.338 e. The number of hydrogen-bond acceptors (Lipinski definition) is 13. The van der Waals surface area contributed by atoms with Gasteiger partial charge in [0.25, 0.3) is 0 Å². The number of Topliss-reactive ketones (excluding diaryl/α,β-unsaturated/α-hetero) is 1. The number of ether oxygens (including phenoxy) is 5. The number of aliphatic hydroxyl groups is 2. The van der Waals surface area contributed by atoms with Crippen LogP contribution in [0.15, 0.2) is 54.6 Å². The van der Waals surface area contributed by atoms with Gasteiger partial charge in [-0.15, -0.1) is 0 Å². The minimum absolute atomic E-state index is 0.103. The first kappa shape index (κ1) is 44.0. The summed E-state index contributed by atoms with van der Waals surface area (Å²) in [4.78, 5) is 80.6. The number of aliphatic hydroxyl groups excluding tert-OH is 1. The highest BCUT2D eigenvalue weighted by atomic mass is 16.6. The van der Waals surface area contributed by atoms with Crippen molar-refractivity contribution in [2.24, 2.45) is 29.1 Å². The van der Waals surface area contributed by atoms with Gasteiger partial charge in [-0.05, 0) is 37.5 Å². The molecule has 1 fully saturated rings. The van der Waals surface area contributed by atoms with E-state index in [2.05, 4.69) is 6.58 Å². The Morgan fingerprint density at radius 2 is 1.43 bits per heavy atom. The van der Waals surface area contributed by atoms with Crippen LogP contribution in [0.1, 0.15) is 98.9 Å². The number of fused-ring (bicyclic) bond motifs is 1. The van der Waals surface area contributed by atoms with Crippen LogP contribution < -0.4 is 0 Å². The van der Waals surface area contributed by atoms with Gasteiger partial charge < -0.3 is 33.9 Å². The Morgan fingerprint density at radius 3 is 1.96 bits per heavy atom. The zero-order valence-corrected chi connectivity index (χ0v) is 33.0. The lowest BCUT2D eigenvalue weighted by atomic mass is 9.72. The van der Waals surface area contributed by atoms with Crippen molar-refractivity contribution < 1.29 is 62.7 Å². The number of carbonyl (C=O) groups excluding carboxylic acids is 6. The van der Waals surface area contributed by atoms with Crippen molar-refractivity contribution in [2.75, 3.05) is 0 Å². The molecule has 11 atom stereocenters. The first-order chi connectivity index (χ1) is 25.0. The average molecular weight is 757 g/mol. The zero-order valence-electron chi connectivity index (χ0n) is 33.0. The summed E-state index contributed by atoms with van der Waals surface area (Å²) in [7, 11) is 0. The maximum absolute atomic E-state index is 14.5. The van der Waals surface area contributed by atoms with Gasteiger partial charge >= 0.3 is 29.8 Å². The van der Waals surface area contributed by atoms with Crippen LogP contribution in [-0.2, 0) is 47.7 Å². The highest BCUT2D eigenvalue weighted by Crippen LogP contribution is 2.52. The van der Waals surface area contributed by atoms with Gasteiger partial charge in [0.1, 0.15) is 11.2 Å². The van der Waals surface area contributed by atoms with Gasteiger partial charge in [-0.3, -0.25) is 24.0 Å². The fraction of sp³-hybridized carbons (Fsp3) is 0.610. The third-order valence-electron chi connectivity index (χ3n) is 10.6. The number of esters is 5. The van der Waals surface area contributed by atoms with E-state index in [4.69, 9.17) is 23.7 Å². The van der Waals surface area contributed by atoms with E-state index in [1.807, 2.05) is 0 Å². The summed E-state index contributed by atoms with van der Waals surface area (Å²) < 4.78 is 29.6. The Bertz CT molecular complexity index is 1620. The van der Waals surface area contributed by atoms with Crippen molar-refractivity contribution in [2.45, 2.75) is 130 Å². The van der Waals surface area contributed by atoms with Gasteiger partial charge in [0.2, 0.25) is 0 Å². The molecule has 0 aliphatic heterocycles. The molecule has 2 aliphatic carbocycles. The van der Waals surface area contributed by atoms with Crippen molar-refractivity contribution in [3.05, 3.63) is 60.2 Å². The van der Waals surface area contributed by atoms with E-state index in [0.29, 0.717) is 12.8 Å². The van der Waals surface area contributed by atoms with Crippen LogP contribution in [0.2, 0.25) is 0 Å². The van der Waals surface area contributed by atoms with Gasteiger partial charge in [0.05, 0.1) is 29.4 Å². The molecular formula is C41H56O13. The Hall–Kier alpha value is -4.36. The fourth-order valence-corrected chi connectivity index (χ4v) is 7.03. The molecule has 2 N–H and O–H groups in total. The van der Waals surface area contributed by atoms with Gasteiger partial charge in [-0.25, -0.2) is 4.79 Å². The summed E-state index contributed by atoms with van der Waals surface area (Å²) in [6.45, 7) is 19.2. The average Bonchev–Trinajstić information content (AvgIpc) is 3.34. The van der Waals surface area contributed by atoms with Crippen LogP contribution in [0.25, 0.3) is 0 Å². The van der Waals surface area contributed by atoms with E-state index in [0.717, 1.165) is 13.8 Å². The highest BCUT2D eigenvalue weighted by molar-refractivity contribution is 5.92. The molecule has 298 valence electrons. The van der Waals surface area contributed by atoms with E-state index < -0.39 is 113 Å². The normalized spacial score (nSPS) is 32.1. The van der Waals surface area contributed by atoms with E-state index in [9.17, 15) is 39.0 Å². The van der Waals surface area contributed by atoms with Crippen LogP contribution in [0.5, 0.6) is 0 Å². The molecular weight excluding hydrogens is 700 g/mol. The molecule has 13 nitrogen and oxygen atoms in total. The summed E-state index contributed by atoms with van der Waals surface area (Å²) in [5.74, 6) is -8.95. The predicted octanol–water partition coefficient (Wildman–Crippen LogP) is 4.85. The lowest BCUT2D eigenvalue weighted by Crippen LogP contribution is -2.57. The van der Waals surface area contributed by atoms with Gasteiger partial charge in [-0.1, -0.05) is 85.4 Å². The standard InChI is InChI=1S/C41H56O13/c1-12-22(3)36(46)53-34-29-30(44)25(6)31(50-26(7)42)32(52-38(48)28-17-15-14-16-18-28)35(51-27(8)43)39(9,10)20-19-24(5)33(45)41(29,49)21-40(34,11)54-37(47)23(4)13-2/h14-20,22-24,29-32,34-35,44,49H,6,12-13,21H2,1-5,7-11H3/t22-,23-,24+,29+,30+,31+,32?,34-,35-,40-,41-/m1/s1. The molecule has 13 heteroatoms. The minimum Gasteiger partial charge on any atom is -0.458 e.